The molecule has 0 aliphatic carbocycles. The Hall–Kier alpha value is -2.47. The Kier molecular flexibility index (Phi) is 4.29. The number of rotatable bonds is 6. The molecule has 1 N–H and O–H groups in total. The third-order valence-electron chi connectivity index (χ3n) is 3.36. The molecule has 6 nitrogen and oxygen atoms in total. The van der Waals surface area contributed by atoms with E-state index in [0.29, 0.717) is 13.1 Å². The van der Waals surface area contributed by atoms with Crippen molar-refractivity contribution in [1.82, 2.24) is 25.2 Å². The van der Waals surface area contributed by atoms with E-state index >= 15 is 0 Å². The van der Waals surface area contributed by atoms with Gasteiger partial charge in [0.05, 0.1) is 12.2 Å². The predicted octanol–water partition coefficient (Wildman–Crippen LogP) is 2.65. The van der Waals surface area contributed by atoms with Gasteiger partial charge in [0.1, 0.15) is 11.6 Å². The first-order valence-electron chi connectivity index (χ1n) is 7.34. The Labute approximate surface area is 129 Å². The van der Waals surface area contributed by atoms with Crippen molar-refractivity contribution in [3.05, 3.63) is 53.7 Å². The Balaban J connectivity index is 1.62. The number of benzene rings is 1. The molecule has 114 valence electrons. The van der Waals surface area contributed by atoms with Gasteiger partial charge in [0.25, 0.3) is 0 Å². The number of hydrogen-bond acceptors (Lipinski definition) is 5. The number of aromatic nitrogens is 4. The smallest absolute Gasteiger partial charge is 0.167 e. The molecule has 6 heteroatoms. The van der Waals surface area contributed by atoms with Crippen LogP contribution in [0, 0.1) is 0 Å². The average molecular weight is 297 g/mol. The molecule has 0 amide bonds. The van der Waals surface area contributed by atoms with Crippen molar-refractivity contribution in [2.45, 2.75) is 26.4 Å². The van der Waals surface area contributed by atoms with Crippen LogP contribution in [0.25, 0.3) is 11.3 Å². The first-order chi connectivity index (χ1) is 10.7. The summed E-state index contributed by atoms with van der Waals surface area (Å²) in [5, 5.41) is 11.2. The summed E-state index contributed by atoms with van der Waals surface area (Å²) in [6.07, 6.45) is 0.837. The highest BCUT2D eigenvalue weighted by Crippen LogP contribution is 2.20. The number of aryl methyl sites for hydroxylation is 1. The van der Waals surface area contributed by atoms with Gasteiger partial charge in [0, 0.05) is 24.6 Å². The fourth-order valence-corrected chi connectivity index (χ4v) is 2.28. The molecule has 0 saturated heterocycles. The van der Waals surface area contributed by atoms with E-state index in [0.717, 1.165) is 35.1 Å². The van der Waals surface area contributed by atoms with Crippen LogP contribution in [0.1, 0.15) is 24.3 Å². The van der Waals surface area contributed by atoms with Gasteiger partial charge in [-0.25, -0.2) is 4.98 Å². The van der Waals surface area contributed by atoms with E-state index in [4.69, 9.17) is 4.52 Å². The van der Waals surface area contributed by atoms with Crippen LogP contribution in [-0.2, 0) is 19.5 Å². The Morgan fingerprint density at radius 1 is 1.18 bits per heavy atom. The largest absolute Gasteiger partial charge is 0.356 e. The number of H-pyrrole nitrogens is 1. The van der Waals surface area contributed by atoms with Crippen LogP contribution in [0.3, 0.4) is 0 Å². The fourth-order valence-electron chi connectivity index (χ4n) is 2.28. The van der Waals surface area contributed by atoms with Crippen LogP contribution in [0.15, 0.2) is 40.9 Å². The standard InChI is InChI=1S/C16H19N5O/c1-3-15-17-16(19-18-15)11-21(2)10-13-9-14(22-20-13)12-7-5-4-6-8-12/h4-9H,3,10-11H2,1-2H3,(H,17,18,19). The number of aromatic amines is 1. The minimum absolute atomic E-state index is 0.693. The van der Waals surface area contributed by atoms with Crippen molar-refractivity contribution in [2.75, 3.05) is 7.05 Å². The molecule has 0 fully saturated rings. The molecule has 0 unspecified atom stereocenters. The minimum atomic E-state index is 0.693. The molecule has 1 aromatic carbocycles. The van der Waals surface area contributed by atoms with Crippen molar-refractivity contribution in [3.8, 4) is 11.3 Å². The van der Waals surface area contributed by atoms with Gasteiger partial charge in [-0.3, -0.25) is 10.00 Å². The molecule has 22 heavy (non-hydrogen) atoms. The van der Waals surface area contributed by atoms with Gasteiger partial charge in [0.2, 0.25) is 0 Å². The lowest BCUT2D eigenvalue weighted by Gasteiger charge is -2.12. The van der Waals surface area contributed by atoms with Crippen LogP contribution in [0.2, 0.25) is 0 Å². The highest BCUT2D eigenvalue weighted by molar-refractivity contribution is 5.56. The topological polar surface area (TPSA) is 70.8 Å². The first-order valence-corrected chi connectivity index (χ1v) is 7.34. The van der Waals surface area contributed by atoms with Gasteiger partial charge < -0.3 is 4.52 Å². The van der Waals surface area contributed by atoms with Gasteiger partial charge in [-0.1, -0.05) is 42.4 Å². The predicted molar refractivity (Wildman–Crippen MR) is 82.9 cm³/mol. The van der Waals surface area contributed by atoms with E-state index in [1.165, 1.54) is 0 Å². The van der Waals surface area contributed by atoms with Crippen LogP contribution in [-0.4, -0.2) is 32.3 Å². The normalized spacial score (nSPS) is 11.2. The van der Waals surface area contributed by atoms with Gasteiger partial charge in [-0.2, -0.15) is 5.10 Å². The zero-order valence-electron chi connectivity index (χ0n) is 12.8. The average Bonchev–Trinajstić information content (AvgIpc) is 3.17. The number of nitrogens with zero attached hydrogens (tertiary/aromatic N) is 4. The Morgan fingerprint density at radius 3 is 2.73 bits per heavy atom. The lowest BCUT2D eigenvalue weighted by atomic mass is 10.1. The molecule has 3 aromatic rings. The second-order valence-corrected chi connectivity index (χ2v) is 5.27. The van der Waals surface area contributed by atoms with Crippen molar-refractivity contribution in [1.29, 1.82) is 0 Å². The number of nitrogens with one attached hydrogen (secondary N) is 1. The zero-order valence-corrected chi connectivity index (χ0v) is 12.8. The molecule has 2 heterocycles. The summed E-state index contributed by atoms with van der Waals surface area (Å²) < 4.78 is 5.41. The van der Waals surface area contributed by atoms with Crippen molar-refractivity contribution in [3.63, 3.8) is 0 Å². The summed E-state index contributed by atoms with van der Waals surface area (Å²) in [7, 11) is 2.02. The molecule has 0 spiro atoms. The highest BCUT2D eigenvalue weighted by atomic mass is 16.5. The molecule has 0 aliphatic heterocycles. The SMILES string of the molecule is CCc1n[nH]c(CN(C)Cc2cc(-c3ccccc3)on2)n1. The molecule has 2 aromatic heterocycles. The molecule has 0 bridgehead atoms. The van der Waals surface area contributed by atoms with Crippen LogP contribution < -0.4 is 0 Å². The third kappa shape index (κ3) is 3.40. The minimum Gasteiger partial charge on any atom is -0.356 e. The zero-order chi connectivity index (χ0) is 15.4. The summed E-state index contributed by atoms with van der Waals surface area (Å²) in [6, 6.07) is 11.9. The summed E-state index contributed by atoms with van der Waals surface area (Å²) in [5.74, 6) is 2.50. The molecule has 0 radical (unpaired) electrons. The van der Waals surface area contributed by atoms with Crippen molar-refractivity contribution in [2.24, 2.45) is 0 Å². The van der Waals surface area contributed by atoms with E-state index in [9.17, 15) is 0 Å². The summed E-state index contributed by atoms with van der Waals surface area (Å²) in [6.45, 7) is 3.43. The lowest BCUT2D eigenvalue weighted by molar-refractivity contribution is 0.297. The molecular weight excluding hydrogens is 278 g/mol. The van der Waals surface area contributed by atoms with Gasteiger partial charge in [-0.15, -0.1) is 0 Å². The van der Waals surface area contributed by atoms with Crippen molar-refractivity contribution >= 4 is 0 Å². The van der Waals surface area contributed by atoms with E-state index in [-0.39, 0.29) is 0 Å². The van der Waals surface area contributed by atoms with E-state index in [1.54, 1.807) is 0 Å². The van der Waals surface area contributed by atoms with E-state index < -0.39 is 0 Å². The molecule has 0 aliphatic rings. The Bertz CT molecular complexity index is 719. The lowest BCUT2D eigenvalue weighted by Crippen LogP contribution is -2.18. The second kappa shape index (κ2) is 6.53. The second-order valence-electron chi connectivity index (χ2n) is 5.27. The maximum Gasteiger partial charge on any atom is 0.167 e. The van der Waals surface area contributed by atoms with Crippen LogP contribution in [0.4, 0.5) is 0 Å². The van der Waals surface area contributed by atoms with Gasteiger partial charge in [-0.05, 0) is 7.05 Å². The number of hydrogen-bond donors (Lipinski definition) is 1. The summed E-state index contributed by atoms with van der Waals surface area (Å²) in [4.78, 5) is 6.53. The maximum absolute atomic E-state index is 5.41. The first kappa shape index (κ1) is 14.5. The Morgan fingerprint density at radius 2 is 2.00 bits per heavy atom. The van der Waals surface area contributed by atoms with Crippen LogP contribution >= 0.6 is 0 Å². The quantitative estimate of drug-likeness (QED) is 0.757. The van der Waals surface area contributed by atoms with Crippen molar-refractivity contribution < 1.29 is 4.52 Å². The molecule has 0 atom stereocenters. The van der Waals surface area contributed by atoms with Gasteiger partial charge in [0.15, 0.2) is 5.76 Å². The highest BCUT2D eigenvalue weighted by Gasteiger charge is 2.10. The fraction of sp³-hybridized carbons (Fsp3) is 0.312. The summed E-state index contributed by atoms with van der Waals surface area (Å²) >= 11 is 0. The monoisotopic (exact) mass is 297 g/mol. The molecular formula is C16H19N5O. The maximum atomic E-state index is 5.41. The van der Waals surface area contributed by atoms with E-state index in [1.807, 2.05) is 50.4 Å². The molecule has 0 saturated carbocycles. The summed E-state index contributed by atoms with van der Waals surface area (Å²) in [5.41, 5.74) is 1.93. The van der Waals surface area contributed by atoms with Gasteiger partial charge >= 0.3 is 0 Å². The third-order valence-corrected chi connectivity index (χ3v) is 3.36. The van der Waals surface area contributed by atoms with E-state index in [2.05, 4.69) is 25.2 Å². The molecule has 3 rings (SSSR count). The van der Waals surface area contributed by atoms with Crippen LogP contribution in [0.5, 0.6) is 0 Å².